The number of furan rings is 1. The molecule has 9 aromatic rings. The van der Waals surface area contributed by atoms with Gasteiger partial charge in [0.1, 0.15) is 5.58 Å². The summed E-state index contributed by atoms with van der Waals surface area (Å²) >= 11 is -1.73. The third-order valence-corrected chi connectivity index (χ3v) is 15.8. The fraction of sp³-hybridized carbons (Fsp3) is 0.241. The molecule has 4 heterocycles. The van der Waals surface area contributed by atoms with Crippen molar-refractivity contribution < 1.29 is 24.5 Å². The molecule has 61 heavy (non-hydrogen) atoms. The second-order valence-electron chi connectivity index (χ2n) is 17.8. The maximum atomic E-state index is 6.52. The minimum absolute atomic E-state index is 0. The first-order chi connectivity index (χ1) is 28.8. The number of nitrogens with zero attached hydrogens (tertiary/aromatic N) is 4. The number of pyridine rings is 2. The average molecular weight is 1040 g/mol. The van der Waals surface area contributed by atoms with E-state index in [0.29, 0.717) is 18.4 Å². The summed E-state index contributed by atoms with van der Waals surface area (Å²) in [5.74, 6) is 8.74. The van der Waals surface area contributed by atoms with Crippen molar-refractivity contribution in [1.82, 2.24) is 19.5 Å². The Morgan fingerprint density at radius 3 is 2.07 bits per heavy atom. The van der Waals surface area contributed by atoms with E-state index >= 15 is 0 Å². The van der Waals surface area contributed by atoms with Gasteiger partial charge in [-0.3, -0.25) is 9.97 Å². The van der Waals surface area contributed by atoms with E-state index in [2.05, 4.69) is 189 Å². The fourth-order valence-corrected chi connectivity index (χ4v) is 10.3. The Bertz CT molecular complexity index is 2930. The number of hydrogen-bond acceptors (Lipinski definition) is 4. The summed E-state index contributed by atoms with van der Waals surface area (Å²) in [6.45, 7) is 16.1. The molecule has 0 atom stereocenters. The van der Waals surface area contributed by atoms with E-state index in [1.807, 2.05) is 25.4 Å². The van der Waals surface area contributed by atoms with Crippen molar-refractivity contribution >= 4 is 50.6 Å². The van der Waals surface area contributed by atoms with E-state index < -0.39 is 13.3 Å². The van der Waals surface area contributed by atoms with Gasteiger partial charge in [0.25, 0.3) is 0 Å². The predicted octanol–water partition coefficient (Wildman–Crippen LogP) is 13.8. The number of rotatable bonds is 8. The van der Waals surface area contributed by atoms with Gasteiger partial charge in [-0.15, -0.1) is 17.7 Å². The fourth-order valence-electron chi connectivity index (χ4n) is 8.13. The molecule has 0 saturated carbocycles. The molecule has 311 valence electrons. The van der Waals surface area contributed by atoms with Crippen LogP contribution in [0.3, 0.4) is 0 Å². The van der Waals surface area contributed by atoms with Gasteiger partial charge in [-0.05, 0) is 64.8 Å². The molecule has 0 aliphatic carbocycles. The van der Waals surface area contributed by atoms with E-state index in [-0.39, 0.29) is 20.1 Å². The van der Waals surface area contributed by atoms with Gasteiger partial charge >= 0.3 is 106 Å². The molecule has 0 aliphatic heterocycles. The molecule has 0 saturated heterocycles. The van der Waals surface area contributed by atoms with Crippen LogP contribution in [0.4, 0.5) is 0 Å². The molecular weight excluding hydrogens is 985 g/mol. The first-order valence-corrected chi connectivity index (χ1v) is 28.4. The molecule has 5 aromatic carbocycles. The summed E-state index contributed by atoms with van der Waals surface area (Å²) in [6, 6.07) is 45.5. The van der Waals surface area contributed by atoms with Crippen LogP contribution in [0.1, 0.15) is 73.0 Å². The molecule has 0 amide bonds. The summed E-state index contributed by atoms with van der Waals surface area (Å²) < 4.78 is 10.3. The molecule has 5 nitrogen and oxygen atoms in total. The summed E-state index contributed by atoms with van der Waals surface area (Å²) in [5, 5.41) is 2.18. The third kappa shape index (κ3) is 9.09. The molecule has 0 bridgehead atoms. The minimum atomic E-state index is -1.73. The maximum absolute atomic E-state index is 6.52. The van der Waals surface area contributed by atoms with Crippen LogP contribution in [0.25, 0.3) is 66.7 Å². The van der Waals surface area contributed by atoms with Crippen molar-refractivity contribution in [3.8, 4) is 33.8 Å². The van der Waals surface area contributed by atoms with Gasteiger partial charge in [0.2, 0.25) is 0 Å². The first-order valence-electron chi connectivity index (χ1n) is 21.1. The van der Waals surface area contributed by atoms with Crippen LogP contribution in [-0.4, -0.2) is 32.8 Å². The van der Waals surface area contributed by atoms with Crippen molar-refractivity contribution in [3.63, 3.8) is 0 Å². The summed E-state index contributed by atoms with van der Waals surface area (Å²) in [7, 11) is 0. The first kappa shape index (κ1) is 43.9. The molecule has 0 unspecified atom stereocenters. The van der Waals surface area contributed by atoms with Gasteiger partial charge in [-0.1, -0.05) is 100 Å². The number of hydrogen-bond donors (Lipinski definition) is 0. The quantitative estimate of drug-likeness (QED) is 0.112. The molecule has 9 rings (SSSR count). The minimum Gasteiger partial charge on any atom is -0.499 e. The number of para-hydroxylation sites is 2. The van der Waals surface area contributed by atoms with Crippen LogP contribution in [-0.2, 0) is 26.7 Å². The van der Waals surface area contributed by atoms with E-state index in [0.717, 1.165) is 66.9 Å². The molecule has 0 spiro atoms. The zero-order chi connectivity index (χ0) is 42.3. The normalized spacial score (nSPS) is 11.7. The van der Waals surface area contributed by atoms with Crippen LogP contribution in [0.15, 0.2) is 126 Å². The van der Waals surface area contributed by atoms with E-state index in [4.69, 9.17) is 9.40 Å². The van der Waals surface area contributed by atoms with E-state index in [1.54, 1.807) is 0 Å². The van der Waals surface area contributed by atoms with Crippen molar-refractivity contribution in [2.75, 3.05) is 0 Å². The molecule has 7 heteroatoms. The second-order valence-corrected chi connectivity index (χ2v) is 28.4. The topological polar surface area (TPSA) is 56.7 Å². The van der Waals surface area contributed by atoms with Gasteiger partial charge < -0.3 is 8.98 Å². The summed E-state index contributed by atoms with van der Waals surface area (Å²) in [5.41, 5.74) is 16.6. The Hall–Kier alpha value is -5.14. The van der Waals surface area contributed by atoms with E-state index in [9.17, 15) is 0 Å². The van der Waals surface area contributed by atoms with Crippen LogP contribution >= 0.6 is 0 Å². The molecule has 1 radical (unpaired) electrons. The Kier molecular flexibility index (Phi) is 13.0. The zero-order valence-electron chi connectivity index (χ0n) is 36.9. The van der Waals surface area contributed by atoms with Crippen molar-refractivity contribution in [2.45, 2.75) is 84.1 Å². The molecular formula is C54H54GeIrN4O-2. The predicted molar refractivity (Wildman–Crippen MR) is 254 cm³/mol. The molecule has 0 fully saturated rings. The third-order valence-electron chi connectivity index (χ3n) is 11.5. The van der Waals surface area contributed by atoms with E-state index in [1.165, 1.54) is 37.8 Å². The standard InChI is InChI=1S/C39H36N3O.C15H18GeN.Ir/c1-23(2)30-19-28(27-12-8-7-9-13-27)20-31(24(3)4)33(30)22-42-35-15-11-10-14-34(35)41-39(42)29-17-16-25(5)37-32-18-26(6)40-21-36(32)43-38(29)37;1-12-5-7-13(8-6-12)15-10-9-14(11-17-15)16(2,3)4;/h7-16,18-21,23-24H,22H2,1-6H3;5-7,9-11H,1-4H3;/q2*-1;. The van der Waals surface area contributed by atoms with Crippen LogP contribution in [0.2, 0.25) is 17.3 Å². The number of benzene rings is 5. The number of aryl methyl sites for hydroxylation is 3. The largest absolute Gasteiger partial charge is 0.499 e. The number of aromatic nitrogens is 4. The molecule has 0 N–H and O–H groups in total. The van der Waals surface area contributed by atoms with Crippen molar-refractivity contribution in [2.24, 2.45) is 0 Å². The molecule has 4 aromatic heterocycles. The van der Waals surface area contributed by atoms with Gasteiger partial charge in [0, 0.05) is 37.7 Å². The van der Waals surface area contributed by atoms with Crippen LogP contribution < -0.4 is 4.40 Å². The van der Waals surface area contributed by atoms with Gasteiger partial charge in [0.05, 0.1) is 28.6 Å². The maximum Gasteiger partial charge on any atom is 0.139 e. The Labute approximate surface area is 377 Å². The molecule has 0 aliphatic rings. The average Bonchev–Trinajstić information content (AvgIpc) is 3.80. The Morgan fingerprint density at radius 2 is 1.43 bits per heavy atom. The summed E-state index contributed by atoms with van der Waals surface area (Å²) in [6.07, 6.45) is 3.87. The Balaban J connectivity index is 0.000000262. The smallest absolute Gasteiger partial charge is 0.139 e. The summed E-state index contributed by atoms with van der Waals surface area (Å²) in [4.78, 5) is 14.3. The monoisotopic (exact) mass is 1040 g/mol. The number of fused-ring (bicyclic) bond motifs is 4. The SMILES string of the molecule is Cc1c[c-]c(-c2cc[c]([Ge]([CH3])([CH3])[CH3])cn2)cc1.Cc1cc2c(cn1)oc1c(-c3nc4ccccc4n3Cc3c(C(C)C)cc(-c4ccccc4)cc3C(C)C)[c-]cc(C)c12.[Ir]. The van der Waals surface area contributed by atoms with Gasteiger partial charge in [-0.2, -0.15) is 0 Å². The Morgan fingerprint density at radius 1 is 0.721 bits per heavy atom. The van der Waals surface area contributed by atoms with Crippen molar-refractivity contribution in [3.05, 3.63) is 167 Å². The van der Waals surface area contributed by atoms with Crippen LogP contribution in [0, 0.1) is 32.9 Å². The zero-order valence-corrected chi connectivity index (χ0v) is 41.4. The van der Waals surface area contributed by atoms with Crippen molar-refractivity contribution in [1.29, 1.82) is 0 Å². The van der Waals surface area contributed by atoms with Gasteiger partial charge in [-0.25, -0.2) is 0 Å². The second kappa shape index (κ2) is 18.1. The van der Waals surface area contributed by atoms with Gasteiger partial charge in [0.15, 0.2) is 0 Å². The van der Waals surface area contributed by atoms with Crippen LogP contribution in [0.5, 0.6) is 0 Å². The number of imidazole rings is 1.